The number of rotatable bonds is 6. The molecule has 1 aromatic rings. The van der Waals surface area contributed by atoms with Crippen molar-refractivity contribution in [2.75, 3.05) is 24.5 Å². The van der Waals surface area contributed by atoms with Crippen molar-refractivity contribution in [3.05, 3.63) is 24.3 Å². The number of para-hydroxylation sites is 2. The van der Waals surface area contributed by atoms with E-state index in [4.69, 9.17) is 16.2 Å². The van der Waals surface area contributed by atoms with Crippen LogP contribution >= 0.6 is 0 Å². The molecule has 0 radical (unpaired) electrons. The number of primary amides is 2. The maximum Gasteiger partial charge on any atom is 0.260 e. The van der Waals surface area contributed by atoms with Crippen LogP contribution in [0.5, 0.6) is 5.75 Å². The lowest BCUT2D eigenvalue weighted by Gasteiger charge is -2.35. The molecule has 130 valence electrons. The Balaban J connectivity index is 2.23. The van der Waals surface area contributed by atoms with Crippen molar-refractivity contribution in [3.63, 3.8) is 0 Å². The summed E-state index contributed by atoms with van der Waals surface area (Å²) in [4.78, 5) is 38.6. The van der Waals surface area contributed by atoms with Gasteiger partial charge in [0.15, 0.2) is 6.10 Å². The van der Waals surface area contributed by atoms with Gasteiger partial charge in [0.25, 0.3) is 5.91 Å². The molecule has 1 aromatic carbocycles. The third-order valence-electron chi connectivity index (χ3n) is 3.82. The van der Waals surface area contributed by atoms with Gasteiger partial charge < -0.3 is 21.1 Å². The Kier molecular flexibility index (Phi) is 5.40. The molecule has 0 saturated heterocycles. The van der Waals surface area contributed by atoms with Gasteiger partial charge in [-0.2, -0.15) is 0 Å². The summed E-state index contributed by atoms with van der Waals surface area (Å²) < 4.78 is 5.53. The molecule has 0 saturated carbocycles. The van der Waals surface area contributed by atoms with E-state index in [-0.39, 0.29) is 31.6 Å². The first-order valence-electron chi connectivity index (χ1n) is 7.67. The molecular weight excluding hydrogens is 312 g/mol. The van der Waals surface area contributed by atoms with Crippen molar-refractivity contribution in [1.29, 1.82) is 0 Å². The van der Waals surface area contributed by atoms with Gasteiger partial charge >= 0.3 is 0 Å². The first-order chi connectivity index (χ1) is 11.3. The number of ether oxygens (including phenoxy) is 1. The lowest BCUT2D eigenvalue weighted by molar-refractivity contribution is -0.125. The average Bonchev–Trinajstić information content (AvgIpc) is 2.52. The number of hydrogen-bond acceptors (Lipinski definition) is 5. The van der Waals surface area contributed by atoms with E-state index in [1.807, 2.05) is 13.8 Å². The highest BCUT2D eigenvalue weighted by molar-refractivity contribution is 5.98. The van der Waals surface area contributed by atoms with E-state index in [9.17, 15) is 14.4 Å². The number of benzene rings is 1. The number of carbonyl (C=O) groups excluding carboxylic acids is 3. The number of fused-ring (bicyclic) bond motifs is 1. The second kappa shape index (κ2) is 7.31. The fraction of sp³-hybridized carbons (Fsp3) is 0.438. The Morgan fingerprint density at radius 2 is 1.92 bits per heavy atom. The monoisotopic (exact) mass is 334 g/mol. The van der Waals surface area contributed by atoms with Crippen molar-refractivity contribution < 1.29 is 19.1 Å². The maximum absolute atomic E-state index is 12.7. The molecule has 8 heteroatoms. The van der Waals surface area contributed by atoms with Gasteiger partial charge in [-0.05, 0) is 26.0 Å². The maximum atomic E-state index is 12.7. The third-order valence-corrected chi connectivity index (χ3v) is 3.82. The number of anilines is 1. The number of hydrogen-bond donors (Lipinski definition) is 2. The Morgan fingerprint density at radius 3 is 2.50 bits per heavy atom. The van der Waals surface area contributed by atoms with Crippen LogP contribution in [0.25, 0.3) is 0 Å². The quantitative estimate of drug-likeness (QED) is 0.724. The zero-order valence-corrected chi connectivity index (χ0v) is 13.8. The van der Waals surface area contributed by atoms with Gasteiger partial charge in [-0.15, -0.1) is 0 Å². The minimum atomic E-state index is -0.910. The minimum absolute atomic E-state index is 0.000420. The minimum Gasteiger partial charge on any atom is -0.477 e. The van der Waals surface area contributed by atoms with Crippen molar-refractivity contribution in [3.8, 4) is 5.75 Å². The average molecular weight is 334 g/mol. The van der Waals surface area contributed by atoms with E-state index in [1.54, 1.807) is 29.2 Å². The molecule has 0 aromatic heterocycles. The van der Waals surface area contributed by atoms with Gasteiger partial charge in [0, 0.05) is 6.04 Å². The first-order valence-corrected chi connectivity index (χ1v) is 7.67. The number of nitrogens with zero attached hydrogens (tertiary/aromatic N) is 2. The molecule has 3 amide bonds. The van der Waals surface area contributed by atoms with Gasteiger partial charge in [0.2, 0.25) is 11.8 Å². The summed E-state index contributed by atoms with van der Waals surface area (Å²) in [6, 6.07) is 6.89. The molecule has 2 rings (SSSR count). The van der Waals surface area contributed by atoms with E-state index < -0.39 is 17.9 Å². The number of amides is 3. The van der Waals surface area contributed by atoms with Gasteiger partial charge in [0.05, 0.1) is 25.3 Å². The van der Waals surface area contributed by atoms with Crippen LogP contribution in [0.4, 0.5) is 5.69 Å². The smallest absolute Gasteiger partial charge is 0.260 e. The normalized spacial score (nSPS) is 16.7. The van der Waals surface area contributed by atoms with Crippen LogP contribution in [0.15, 0.2) is 24.3 Å². The summed E-state index contributed by atoms with van der Waals surface area (Å²) in [6.07, 6.45) is -0.910. The Bertz CT molecular complexity index is 647. The van der Waals surface area contributed by atoms with Crippen LogP contribution in [0, 0.1) is 0 Å². The summed E-state index contributed by atoms with van der Waals surface area (Å²) in [5.74, 6) is -0.979. The van der Waals surface area contributed by atoms with E-state index in [0.717, 1.165) is 0 Å². The molecule has 0 unspecified atom stereocenters. The topological polar surface area (TPSA) is 119 Å². The van der Waals surface area contributed by atoms with E-state index >= 15 is 0 Å². The Morgan fingerprint density at radius 1 is 1.25 bits per heavy atom. The van der Waals surface area contributed by atoms with Crippen LogP contribution < -0.4 is 21.1 Å². The lowest BCUT2D eigenvalue weighted by atomic mass is 10.1. The fourth-order valence-corrected chi connectivity index (χ4v) is 2.50. The van der Waals surface area contributed by atoms with Gasteiger partial charge in [-0.3, -0.25) is 19.3 Å². The molecular formula is C16H22N4O4. The predicted molar refractivity (Wildman–Crippen MR) is 88.3 cm³/mol. The standard InChI is InChI=1S/C16H22N4O4/c1-10(2)19(8-14(17)21)9-15(22)20-7-13(16(18)23)24-12-6-4-3-5-11(12)20/h3-6,10,13H,7-9H2,1-2H3,(H2,17,21)(H2,18,23)/t13-/m1/s1. The molecule has 0 spiro atoms. The second-order valence-electron chi connectivity index (χ2n) is 5.95. The summed E-state index contributed by atoms with van der Waals surface area (Å²) >= 11 is 0. The predicted octanol–water partition coefficient (Wildman–Crippen LogP) is -0.538. The highest BCUT2D eigenvalue weighted by Crippen LogP contribution is 2.33. The first kappa shape index (κ1) is 17.7. The van der Waals surface area contributed by atoms with Crippen LogP contribution in [0.2, 0.25) is 0 Å². The van der Waals surface area contributed by atoms with Crippen molar-refractivity contribution in [1.82, 2.24) is 4.90 Å². The summed E-state index contributed by atoms with van der Waals surface area (Å²) in [5.41, 5.74) is 11.1. The summed E-state index contributed by atoms with van der Waals surface area (Å²) in [7, 11) is 0. The Hall–Kier alpha value is -2.61. The number of carbonyl (C=O) groups is 3. The third kappa shape index (κ3) is 4.02. The molecule has 0 aliphatic carbocycles. The zero-order chi connectivity index (χ0) is 17.9. The fourth-order valence-electron chi connectivity index (χ4n) is 2.50. The lowest BCUT2D eigenvalue weighted by Crippen LogP contribution is -2.52. The van der Waals surface area contributed by atoms with Gasteiger partial charge in [-0.1, -0.05) is 12.1 Å². The molecule has 1 aliphatic rings. The molecule has 0 fully saturated rings. The SMILES string of the molecule is CC(C)N(CC(N)=O)CC(=O)N1C[C@H](C(N)=O)Oc2ccccc21. The van der Waals surface area contributed by atoms with E-state index in [0.29, 0.717) is 11.4 Å². The molecule has 4 N–H and O–H groups in total. The van der Waals surface area contributed by atoms with Gasteiger partial charge in [0.1, 0.15) is 5.75 Å². The van der Waals surface area contributed by atoms with Crippen LogP contribution in [-0.4, -0.2) is 54.4 Å². The summed E-state index contributed by atoms with van der Waals surface area (Å²) in [6.45, 7) is 3.76. The Labute approximate surface area is 140 Å². The second-order valence-corrected chi connectivity index (χ2v) is 5.95. The van der Waals surface area contributed by atoms with E-state index in [1.165, 1.54) is 4.90 Å². The summed E-state index contributed by atoms with van der Waals surface area (Å²) in [5, 5.41) is 0. The molecule has 1 aliphatic heterocycles. The van der Waals surface area contributed by atoms with E-state index in [2.05, 4.69) is 0 Å². The molecule has 1 heterocycles. The van der Waals surface area contributed by atoms with Gasteiger partial charge in [-0.25, -0.2) is 0 Å². The van der Waals surface area contributed by atoms with Crippen LogP contribution in [-0.2, 0) is 14.4 Å². The van der Waals surface area contributed by atoms with Crippen molar-refractivity contribution in [2.24, 2.45) is 11.5 Å². The van der Waals surface area contributed by atoms with Crippen molar-refractivity contribution in [2.45, 2.75) is 26.0 Å². The zero-order valence-electron chi connectivity index (χ0n) is 13.8. The molecule has 8 nitrogen and oxygen atoms in total. The molecule has 24 heavy (non-hydrogen) atoms. The van der Waals surface area contributed by atoms with Crippen molar-refractivity contribution >= 4 is 23.4 Å². The van der Waals surface area contributed by atoms with Crippen LogP contribution in [0.1, 0.15) is 13.8 Å². The number of nitrogens with two attached hydrogens (primary N) is 2. The highest BCUT2D eigenvalue weighted by atomic mass is 16.5. The highest BCUT2D eigenvalue weighted by Gasteiger charge is 2.33. The molecule has 0 bridgehead atoms. The largest absolute Gasteiger partial charge is 0.477 e. The van der Waals surface area contributed by atoms with Crippen LogP contribution in [0.3, 0.4) is 0 Å². The molecule has 1 atom stereocenters.